The molecule has 7 heteroatoms. The molecule has 2 heterocycles. The molecule has 1 aliphatic rings. The average Bonchev–Trinajstić information content (AvgIpc) is 3.06. The molecule has 2 N–H and O–H groups in total. The van der Waals surface area contributed by atoms with Gasteiger partial charge < -0.3 is 5.32 Å². The molecule has 6 nitrogen and oxygen atoms in total. The Morgan fingerprint density at radius 3 is 2.95 bits per heavy atom. The van der Waals surface area contributed by atoms with Crippen LogP contribution >= 0.6 is 0 Å². The third-order valence-corrected chi connectivity index (χ3v) is 5.29. The van der Waals surface area contributed by atoms with Crippen LogP contribution in [0.3, 0.4) is 0 Å². The second kappa shape index (κ2) is 6.49. The van der Waals surface area contributed by atoms with Gasteiger partial charge in [-0.15, -0.1) is 0 Å². The summed E-state index contributed by atoms with van der Waals surface area (Å²) in [5.41, 5.74) is 0. The minimum Gasteiger partial charge on any atom is -0.313 e. The summed E-state index contributed by atoms with van der Waals surface area (Å²) in [5.74, 6) is 0. The predicted octanol–water partition coefficient (Wildman–Crippen LogP) is 0.952. The van der Waals surface area contributed by atoms with Gasteiger partial charge in [-0.3, -0.25) is 5.10 Å². The Balaban J connectivity index is 2.11. The highest BCUT2D eigenvalue weighted by atomic mass is 32.2. The lowest BCUT2D eigenvalue weighted by Gasteiger charge is -2.24. The number of sulfonamides is 1. The molecule has 0 saturated carbocycles. The van der Waals surface area contributed by atoms with Crippen LogP contribution in [0, 0.1) is 0 Å². The van der Waals surface area contributed by atoms with Crippen molar-refractivity contribution in [1.29, 1.82) is 0 Å². The topological polar surface area (TPSA) is 78.1 Å². The first-order valence-electron chi connectivity index (χ1n) is 6.87. The lowest BCUT2D eigenvalue weighted by Crippen LogP contribution is -2.41. The van der Waals surface area contributed by atoms with Gasteiger partial charge in [-0.2, -0.15) is 9.40 Å². The summed E-state index contributed by atoms with van der Waals surface area (Å²) in [4.78, 5) is 0.251. The van der Waals surface area contributed by atoms with Crippen molar-refractivity contribution in [2.45, 2.75) is 43.5 Å². The lowest BCUT2D eigenvalue weighted by molar-refractivity contribution is 0.364. The van der Waals surface area contributed by atoms with Gasteiger partial charge in [0, 0.05) is 25.3 Å². The molecule has 19 heavy (non-hydrogen) atoms. The van der Waals surface area contributed by atoms with E-state index in [9.17, 15) is 8.42 Å². The molecule has 108 valence electrons. The van der Waals surface area contributed by atoms with Crippen LogP contribution in [-0.4, -0.2) is 48.6 Å². The number of rotatable bonds is 7. The van der Waals surface area contributed by atoms with Crippen LogP contribution in [0.25, 0.3) is 0 Å². The fraction of sp³-hybridized carbons (Fsp3) is 0.750. The predicted molar refractivity (Wildman–Crippen MR) is 73.3 cm³/mol. The highest BCUT2D eigenvalue weighted by Gasteiger charge is 2.28. The first kappa shape index (κ1) is 14.5. The molecular formula is C12H22N4O2S. The maximum atomic E-state index is 12.5. The molecule has 0 radical (unpaired) electrons. The highest BCUT2D eigenvalue weighted by molar-refractivity contribution is 7.89. The van der Waals surface area contributed by atoms with Crippen molar-refractivity contribution in [3.05, 3.63) is 12.4 Å². The Morgan fingerprint density at radius 1 is 1.53 bits per heavy atom. The van der Waals surface area contributed by atoms with E-state index < -0.39 is 10.0 Å². The molecule has 0 amide bonds. The minimum atomic E-state index is -3.42. The fourth-order valence-corrected chi connectivity index (χ4v) is 3.76. The zero-order chi connectivity index (χ0) is 13.7. The Hall–Kier alpha value is -0.920. The Labute approximate surface area is 114 Å². The second-order valence-electron chi connectivity index (χ2n) is 4.94. The minimum absolute atomic E-state index is 0.251. The molecule has 0 aromatic carbocycles. The number of H-pyrrole nitrogens is 1. The molecule has 1 unspecified atom stereocenters. The van der Waals surface area contributed by atoms with Crippen LogP contribution in [0.5, 0.6) is 0 Å². The lowest BCUT2D eigenvalue weighted by atomic mass is 10.2. The summed E-state index contributed by atoms with van der Waals surface area (Å²) in [6.07, 6.45) is 6.84. The van der Waals surface area contributed by atoms with E-state index in [4.69, 9.17) is 0 Å². The number of hydrogen-bond acceptors (Lipinski definition) is 4. The number of nitrogens with one attached hydrogen (secondary N) is 2. The Morgan fingerprint density at radius 2 is 2.37 bits per heavy atom. The molecule has 1 aliphatic heterocycles. The van der Waals surface area contributed by atoms with Crippen molar-refractivity contribution in [3.8, 4) is 0 Å². The van der Waals surface area contributed by atoms with Gasteiger partial charge in [0.25, 0.3) is 0 Å². The van der Waals surface area contributed by atoms with Crippen LogP contribution in [-0.2, 0) is 10.0 Å². The Bertz CT molecular complexity index is 466. The van der Waals surface area contributed by atoms with E-state index in [-0.39, 0.29) is 10.9 Å². The Kier molecular flexibility index (Phi) is 4.95. The van der Waals surface area contributed by atoms with Crippen LogP contribution in [0.2, 0.25) is 0 Å². The van der Waals surface area contributed by atoms with E-state index in [2.05, 4.69) is 22.4 Å². The van der Waals surface area contributed by atoms with E-state index in [1.807, 2.05) is 0 Å². The van der Waals surface area contributed by atoms with Gasteiger partial charge in [-0.05, 0) is 25.8 Å². The van der Waals surface area contributed by atoms with Gasteiger partial charge in [-0.25, -0.2) is 8.42 Å². The molecule has 0 bridgehead atoms. The standard InChI is InChI=1S/C12H22N4O2S/c1-2-3-7-16(10-11-5-4-6-13-11)19(17,18)12-8-14-15-9-12/h8-9,11,13H,2-7,10H2,1H3,(H,14,15). The normalized spacial score (nSPS) is 20.2. The van der Waals surface area contributed by atoms with Gasteiger partial charge in [-0.1, -0.05) is 13.3 Å². The van der Waals surface area contributed by atoms with Crippen molar-refractivity contribution < 1.29 is 8.42 Å². The zero-order valence-corrected chi connectivity index (χ0v) is 12.1. The summed E-state index contributed by atoms with van der Waals surface area (Å²) in [7, 11) is -3.42. The monoisotopic (exact) mass is 286 g/mol. The summed E-state index contributed by atoms with van der Waals surface area (Å²) >= 11 is 0. The van der Waals surface area contributed by atoms with Crippen molar-refractivity contribution in [2.24, 2.45) is 0 Å². The van der Waals surface area contributed by atoms with Crippen molar-refractivity contribution >= 4 is 10.0 Å². The number of hydrogen-bond donors (Lipinski definition) is 2. The second-order valence-corrected chi connectivity index (χ2v) is 6.88. The van der Waals surface area contributed by atoms with Crippen LogP contribution in [0.4, 0.5) is 0 Å². The van der Waals surface area contributed by atoms with E-state index in [1.54, 1.807) is 4.31 Å². The molecule has 0 aliphatic carbocycles. The molecule has 1 fully saturated rings. The largest absolute Gasteiger partial charge is 0.313 e. The van der Waals surface area contributed by atoms with Crippen LogP contribution in [0.15, 0.2) is 17.3 Å². The first-order valence-corrected chi connectivity index (χ1v) is 8.31. The summed E-state index contributed by atoms with van der Waals surface area (Å²) in [6, 6.07) is 0.276. The number of aromatic nitrogens is 2. The third kappa shape index (κ3) is 3.55. The number of aromatic amines is 1. The molecular weight excluding hydrogens is 264 g/mol. The van der Waals surface area contributed by atoms with Crippen LogP contribution in [0.1, 0.15) is 32.6 Å². The molecule has 2 rings (SSSR count). The van der Waals surface area contributed by atoms with Crippen molar-refractivity contribution in [3.63, 3.8) is 0 Å². The smallest absolute Gasteiger partial charge is 0.246 e. The van der Waals surface area contributed by atoms with Crippen molar-refractivity contribution in [1.82, 2.24) is 19.8 Å². The number of unbranched alkanes of at least 4 members (excludes halogenated alkanes) is 1. The highest BCUT2D eigenvalue weighted by Crippen LogP contribution is 2.17. The van der Waals surface area contributed by atoms with Gasteiger partial charge in [0.05, 0.1) is 6.20 Å². The fourth-order valence-electron chi connectivity index (χ4n) is 2.33. The van der Waals surface area contributed by atoms with Gasteiger partial charge >= 0.3 is 0 Å². The molecule has 1 atom stereocenters. The van der Waals surface area contributed by atoms with E-state index in [0.29, 0.717) is 13.1 Å². The van der Waals surface area contributed by atoms with E-state index >= 15 is 0 Å². The van der Waals surface area contributed by atoms with Gasteiger partial charge in [0.2, 0.25) is 10.0 Å². The SMILES string of the molecule is CCCCN(CC1CCCN1)S(=O)(=O)c1cn[nH]c1. The molecule has 0 spiro atoms. The molecule has 1 aromatic rings. The third-order valence-electron chi connectivity index (χ3n) is 3.46. The molecule has 1 saturated heterocycles. The maximum absolute atomic E-state index is 12.5. The van der Waals surface area contributed by atoms with Gasteiger partial charge in [0.1, 0.15) is 4.90 Å². The summed E-state index contributed by atoms with van der Waals surface area (Å²) in [6.45, 7) is 4.17. The zero-order valence-electron chi connectivity index (χ0n) is 11.3. The van der Waals surface area contributed by atoms with Crippen LogP contribution < -0.4 is 5.32 Å². The van der Waals surface area contributed by atoms with Crippen molar-refractivity contribution in [2.75, 3.05) is 19.6 Å². The summed E-state index contributed by atoms with van der Waals surface area (Å²) in [5, 5.41) is 9.66. The molecule has 1 aromatic heterocycles. The average molecular weight is 286 g/mol. The maximum Gasteiger partial charge on any atom is 0.246 e. The van der Waals surface area contributed by atoms with Gasteiger partial charge in [0.15, 0.2) is 0 Å². The van der Waals surface area contributed by atoms with E-state index in [0.717, 1.165) is 32.2 Å². The van der Waals surface area contributed by atoms with E-state index in [1.165, 1.54) is 12.4 Å². The summed E-state index contributed by atoms with van der Waals surface area (Å²) < 4.78 is 26.6. The number of nitrogens with zero attached hydrogens (tertiary/aromatic N) is 2. The first-order chi connectivity index (χ1) is 9.14. The quantitative estimate of drug-likeness (QED) is 0.782.